The number of nitrogens with zero attached hydrogens (tertiary/aromatic N) is 1. The van der Waals surface area contributed by atoms with E-state index in [1.807, 2.05) is 59.1 Å². The van der Waals surface area contributed by atoms with E-state index in [2.05, 4.69) is 4.90 Å². The Kier molecular flexibility index (Phi) is 15.6. The molecule has 4 fully saturated rings. The second kappa shape index (κ2) is 19.2. The van der Waals surface area contributed by atoms with Crippen LogP contribution >= 0.6 is 0 Å². The number of aliphatic hydroxyl groups is 3. The van der Waals surface area contributed by atoms with Gasteiger partial charge in [-0.1, -0.05) is 39.8 Å². The zero-order valence-electron chi connectivity index (χ0n) is 38.2. The van der Waals surface area contributed by atoms with Crippen molar-refractivity contribution in [2.24, 2.45) is 29.6 Å². The number of Topliss-reactive ketones (excluding diaryl/α,β-unsaturated/α-hetero) is 1. The SMILES string of the molecule is COc1ccc(CO[C@H]2[C@H](O[C@@H]3[C@@H](C)[C@H](OC4C[C@@](C)(OC)[C@@H](O)[C@H](C)O4)[C@@H](C)C(=O)O[C@@H]4C(C)[C@]4(O)[C@H](O)[C@@H](C)C(=O)[C@H](C)C[C@]3(C)OC)O[C@H](C)C[C@@H]2N(C)C)cc1. The number of carbonyl (C=O) groups is 2. The number of hydrogen-bond donors (Lipinski definition) is 3. The normalized spacial score (nSPS) is 45.7. The second-order valence-corrected chi connectivity index (χ2v) is 18.7. The summed E-state index contributed by atoms with van der Waals surface area (Å²) in [7, 11) is 8.67. The molecule has 60 heavy (non-hydrogen) atoms. The summed E-state index contributed by atoms with van der Waals surface area (Å²) in [5, 5.41) is 34.2. The molecule has 0 bridgehead atoms. The number of hydrogen-bond acceptors (Lipinski definition) is 15. The fraction of sp³-hybridized carbons (Fsp3) is 0.822. The molecule has 0 amide bonds. The van der Waals surface area contributed by atoms with Crippen molar-refractivity contribution in [1.82, 2.24) is 4.90 Å². The van der Waals surface area contributed by atoms with Gasteiger partial charge in [0.2, 0.25) is 0 Å². The molecule has 342 valence electrons. The molecule has 3 N–H and O–H groups in total. The first-order valence-corrected chi connectivity index (χ1v) is 21.5. The highest BCUT2D eigenvalue weighted by Crippen LogP contribution is 2.52. The van der Waals surface area contributed by atoms with Gasteiger partial charge in [-0.05, 0) is 79.3 Å². The van der Waals surface area contributed by atoms with E-state index in [9.17, 15) is 24.9 Å². The van der Waals surface area contributed by atoms with E-state index >= 15 is 0 Å². The number of ketones is 1. The van der Waals surface area contributed by atoms with Crippen molar-refractivity contribution < 1.29 is 67.5 Å². The van der Waals surface area contributed by atoms with E-state index in [0.717, 1.165) is 11.3 Å². The number of likely N-dealkylation sites (N-methyl/N-ethyl adjacent to an activating group) is 1. The first kappa shape index (κ1) is 48.7. The smallest absolute Gasteiger partial charge is 0.311 e. The number of benzene rings is 1. The summed E-state index contributed by atoms with van der Waals surface area (Å²) in [4.78, 5) is 30.6. The van der Waals surface area contributed by atoms with Gasteiger partial charge in [0.15, 0.2) is 12.6 Å². The van der Waals surface area contributed by atoms with E-state index in [1.165, 1.54) is 7.11 Å². The van der Waals surface area contributed by atoms with Crippen molar-refractivity contribution in [1.29, 1.82) is 0 Å². The minimum absolute atomic E-state index is 0.127. The number of ether oxygens (including phenoxy) is 9. The van der Waals surface area contributed by atoms with Gasteiger partial charge in [0.25, 0.3) is 0 Å². The summed E-state index contributed by atoms with van der Waals surface area (Å²) in [5.74, 6) is -4.20. The Morgan fingerprint density at radius 2 is 1.45 bits per heavy atom. The van der Waals surface area contributed by atoms with Crippen molar-refractivity contribution in [2.45, 2.75) is 172 Å². The molecule has 3 aliphatic heterocycles. The first-order valence-electron chi connectivity index (χ1n) is 21.5. The van der Waals surface area contributed by atoms with Gasteiger partial charge < -0.3 is 62.9 Å². The highest BCUT2D eigenvalue weighted by Gasteiger charge is 2.70. The molecular weight excluding hydrogens is 778 g/mol. The summed E-state index contributed by atoms with van der Waals surface area (Å²) in [5.41, 5.74) is -3.16. The molecule has 5 rings (SSSR count). The zero-order valence-corrected chi connectivity index (χ0v) is 38.2. The molecule has 3 heterocycles. The van der Waals surface area contributed by atoms with Crippen molar-refractivity contribution in [3.8, 4) is 5.75 Å². The molecule has 19 atom stereocenters. The molecule has 15 nitrogen and oxygen atoms in total. The van der Waals surface area contributed by atoms with Crippen molar-refractivity contribution in [2.75, 3.05) is 35.4 Å². The quantitative estimate of drug-likeness (QED) is 0.273. The molecule has 3 saturated heterocycles. The van der Waals surface area contributed by atoms with Crippen molar-refractivity contribution in [3.63, 3.8) is 0 Å². The third kappa shape index (κ3) is 9.76. The number of rotatable bonds is 11. The fourth-order valence-corrected chi connectivity index (χ4v) is 9.90. The molecule has 4 aliphatic rings. The van der Waals surface area contributed by atoms with Crippen LogP contribution in [0.2, 0.25) is 0 Å². The Morgan fingerprint density at radius 3 is 2.03 bits per heavy atom. The van der Waals surface area contributed by atoms with Crippen molar-refractivity contribution in [3.05, 3.63) is 29.8 Å². The van der Waals surface area contributed by atoms with E-state index in [1.54, 1.807) is 55.8 Å². The third-order valence-electron chi connectivity index (χ3n) is 14.2. The zero-order chi connectivity index (χ0) is 44.6. The Balaban J connectivity index is 1.60. The maximum absolute atomic E-state index is 14.3. The Hall–Kier alpha value is -2.28. The average molecular weight is 852 g/mol. The molecule has 1 aliphatic carbocycles. The number of esters is 1. The van der Waals surface area contributed by atoms with Gasteiger partial charge in [0.05, 0.1) is 61.4 Å². The Morgan fingerprint density at radius 1 is 0.817 bits per heavy atom. The molecule has 2 unspecified atom stereocenters. The van der Waals surface area contributed by atoms with Gasteiger partial charge in [0.1, 0.15) is 35.4 Å². The van der Waals surface area contributed by atoms with Gasteiger partial charge >= 0.3 is 5.97 Å². The lowest BCUT2D eigenvalue weighted by atomic mass is 9.75. The van der Waals surface area contributed by atoms with Crippen LogP contribution in [-0.2, 0) is 54.1 Å². The largest absolute Gasteiger partial charge is 0.497 e. The maximum atomic E-state index is 14.3. The van der Waals surface area contributed by atoms with E-state index < -0.39 is 108 Å². The maximum Gasteiger partial charge on any atom is 0.311 e. The Labute approximate surface area is 356 Å². The summed E-state index contributed by atoms with van der Waals surface area (Å²) < 4.78 is 57.3. The van der Waals surface area contributed by atoms with Crippen LogP contribution in [0.3, 0.4) is 0 Å². The molecule has 15 heteroatoms. The number of fused-ring (bicyclic) bond motifs is 1. The van der Waals surface area contributed by atoms with Crippen LogP contribution in [0.1, 0.15) is 87.1 Å². The standard InChI is InChI=1S/C45H73NO14/c1-23-20-44(9,54-14)39(60-42-36(32(46(10)11)19-24(2)56-42)55-22-30-15-17-31(52-12)18-16-30)26(4)35(58-33-21-43(8,53-13)38(49)29(7)57-33)27(5)41(50)59-40-28(6)45(40,51)37(48)25(3)34(23)47/h15-18,23-29,32-33,35-40,42,48-49,51H,19-22H2,1-14H3/t23-,24-,25+,26+,27-,28?,29+,32+,33?,35+,36-,37-,38+,39-,40-,42+,43-,44+,45+/m1/s1. The summed E-state index contributed by atoms with van der Waals surface area (Å²) in [6.45, 7) is 16.2. The minimum atomic E-state index is -1.82. The highest BCUT2D eigenvalue weighted by atomic mass is 16.7. The summed E-state index contributed by atoms with van der Waals surface area (Å²) in [6, 6.07) is 7.51. The molecule has 0 radical (unpaired) electrons. The van der Waals surface area contributed by atoms with Gasteiger partial charge in [-0.3, -0.25) is 9.59 Å². The van der Waals surface area contributed by atoms with Crippen molar-refractivity contribution >= 4 is 11.8 Å². The molecule has 1 aromatic carbocycles. The molecule has 0 spiro atoms. The topological polar surface area (TPSA) is 181 Å². The van der Waals surface area contributed by atoms with Crippen LogP contribution in [-0.4, -0.2) is 152 Å². The lowest BCUT2D eigenvalue weighted by Gasteiger charge is -2.50. The monoisotopic (exact) mass is 852 g/mol. The minimum Gasteiger partial charge on any atom is -0.497 e. The van der Waals surface area contributed by atoms with Crippen LogP contribution in [0.15, 0.2) is 24.3 Å². The second-order valence-electron chi connectivity index (χ2n) is 18.7. The number of aliphatic hydroxyl groups excluding tert-OH is 2. The van der Waals surface area contributed by atoms with Gasteiger partial charge in [-0.15, -0.1) is 0 Å². The number of methoxy groups -OCH3 is 3. The Bertz CT molecular complexity index is 1600. The highest BCUT2D eigenvalue weighted by molar-refractivity contribution is 5.84. The molecule has 1 saturated carbocycles. The molecule has 0 aromatic heterocycles. The predicted molar refractivity (Wildman–Crippen MR) is 220 cm³/mol. The molecule has 1 aromatic rings. The third-order valence-corrected chi connectivity index (χ3v) is 14.2. The first-order chi connectivity index (χ1) is 28.1. The van der Waals surface area contributed by atoms with E-state index in [0.29, 0.717) is 6.42 Å². The van der Waals surface area contributed by atoms with Crippen LogP contribution in [0.4, 0.5) is 0 Å². The van der Waals surface area contributed by atoms with Gasteiger partial charge in [0, 0.05) is 50.4 Å². The van der Waals surface area contributed by atoms with Gasteiger partial charge in [-0.2, -0.15) is 0 Å². The van der Waals surface area contributed by atoms with Crippen LogP contribution in [0.5, 0.6) is 5.75 Å². The summed E-state index contributed by atoms with van der Waals surface area (Å²) in [6.07, 6.45) is -7.88. The lowest BCUT2D eigenvalue weighted by Crippen LogP contribution is -2.61. The molecular formula is C45H73NO14. The van der Waals surface area contributed by atoms with Crippen LogP contribution < -0.4 is 4.74 Å². The lowest BCUT2D eigenvalue weighted by molar-refractivity contribution is -0.323. The number of carbonyl (C=O) groups excluding carboxylic acids is 2. The van der Waals surface area contributed by atoms with Crippen LogP contribution in [0.25, 0.3) is 0 Å². The van der Waals surface area contributed by atoms with Gasteiger partial charge in [-0.25, -0.2) is 0 Å². The predicted octanol–water partition coefficient (Wildman–Crippen LogP) is 3.89. The van der Waals surface area contributed by atoms with E-state index in [4.69, 9.17) is 42.6 Å². The summed E-state index contributed by atoms with van der Waals surface area (Å²) >= 11 is 0. The average Bonchev–Trinajstić information content (AvgIpc) is 3.75. The van der Waals surface area contributed by atoms with Crippen LogP contribution in [0, 0.1) is 29.6 Å². The van der Waals surface area contributed by atoms with E-state index in [-0.39, 0.29) is 37.4 Å². The fourth-order valence-electron chi connectivity index (χ4n) is 9.90.